The number of aromatic nitrogens is 2. The Kier molecular flexibility index (Phi) is 8.59. The first kappa shape index (κ1) is 24.7. The van der Waals surface area contributed by atoms with Gasteiger partial charge in [-0.25, -0.2) is 4.98 Å². The number of benzene rings is 1. The van der Waals surface area contributed by atoms with Crippen LogP contribution in [0.3, 0.4) is 0 Å². The predicted molar refractivity (Wildman–Crippen MR) is 136 cm³/mol. The molecule has 2 heterocycles. The van der Waals surface area contributed by atoms with Gasteiger partial charge in [-0.05, 0) is 51.7 Å². The van der Waals surface area contributed by atoms with Gasteiger partial charge in [-0.2, -0.15) is 0 Å². The first-order valence-corrected chi connectivity index (χ1v) is 13.2. The Bertz CT molecular complexity index is 1000. The second-order valence-electron chi connectivity index (χ2n) is 9.94. The number of piperidine rings is 1. The number of ether oxygens (including phenoxy) is 1. The summed E-state index contributed by atoms with van der Waals surface area (Å²) < 4.78 is 7.01. The molecule has 4 rings (SSSR count). The summed E-state index contributed by atoms with van der Waals surface area (Å²) in [6.07, 6.45) is 11.6. The van der Waals surface area contributed by atoms with E-state index in [2.05, 4.69) is 15.2 Å². The maximum atomic E-state index is 13.6. The van der Waals surface area contributed by atoms with Gasteiger partial charge < -0.3 is 19.5 Å². The van der Waals surface area contributed by atoms with Crippen molar-refractivity contribution in [2.24, 2.45) is 0 Å². The highest BCUT2D eigenvalue weighted by molar-refractivity contribution is 5.76. The minimum absolute atomic E-state index is 0.0983. The second-order valence-corrected chi connectivity index (χ2v) is 9.94. The van der Waals surface area contributed by atoms with E-state index in [0.717, 1.165) is 37.0 Å². The molecule has 7 nitrogen and oxygen atoms in total. The maximum Gasteiger partial charge on any atom is 0.307 e. The Balaban J connectivity index is 1.52. The molecular formula is C27H40N4O3. The summed E-state index contributed by atoms with van der Waals surface area (Å²) in [5, 5.41) is 3.19. The van der Waals surface area contributed by atoms with Crippen LogP contribution in [0, 0.1) is 0 Å². The fraction of sp³-hybridized carbons (Fsp3) is 0.667. The molecule has 1 saturated heterocycles. The van der Waals surface area contributed by atoms with Crippen LogP contribution in [0.4, 0.5) is 5.82 Å². The molecule has 2 aliphatic rings. The molecular weight excluding hydrogens is 428 g/mol. The molecule has 1 saturated carbocycles. The summed E-state index contributed by atoms with van der Waals surface area (Å²) in [5.74, 6) is 0.0446. The van der Waals surface area contributed by atoms with Crippen LogP contribution >= 0.6 is 0 Å². The van der Waals surface area contributed by atoms with Crippen LogP contribution in [-0.4, -0.2) is 52.2 Å². The van der Waals surface area contributed by atoms with Gasteiger partial charge in [-0.15, -0.1) is 0 Å². The minimum Gasteiger partial charge on any atom is -0.466 e. The summed E-state index contributed by atoms with van der Waals surface area (Å²) in [5.41, 5.74) is 1.59. The van der Waals surface area contributed by atoms with Crippen LogP contribution in [0.15, 0.2) is 29.1 Å². The van der Waals surface area contributed by atoms with Gasteiger partial charge in [-0.3, -0.25) is 9.59 Å². The van der Waals surface area contributed by atoms with E-state index in [9.17, 15) is 9.59 Å². The number of para-hydroxylation sites is 2. The molecule has 1 atom stereocenters. The number of carbonyl (C=O) groups is 1. The van der Waals surface area contributed by atoms with Gasteiger partial charge in [0.1, 0.15) is 0 Å². The van der Waals surface area contributed by atoms with Crippen LogP contribution in [0.5, 0.6) is 0 Å². The molecule has 0 bridgehead atoms. The number of anilines is 1. The van der Waals surface area contributed by atoms with Gasteiger partial charge in [0.25, 0.3) is 5.56 Å². The molecule has 0 spiro atoms. The van der Waals surface area contributed by atoms with Crippen molar-refractivity contribution in [2.45, 2.75) is 96.2 Å². The number of hydrogen-bond acceptors (Lipinski definition) is 6. The molecule has 1 unspecified atom stereocenters. The first-order valence-electron chi connectivity index (χ1n) is 13.2. The molecule has 1 aliphatic carbocycles. The van der Waals surface area contributed by atoms with Crippen molar-refractivity contribution in [1.29, 1.82) is 0 Å². The van der Waals surface area contributed by atoms with Gasteiger partial charge in [0.15, 0.2) is 5.82 Å². The van der Waals surface area contributed by atoms with E-state index >= 15 is 0 Å². The SMILES string of the molecule is CCOC(=O)CC(C)Nc1nc2ccccc2n(C2CCN(C3CCCCCCC3)CC2)c1=O. The molecule has 0 amide bonds. The zero-order valence-corrected chi connectivity index (χ0v) is 20.8. The quantitative estimate of drug-likeness (QED) is 0.583. The van der Waals surface area contributed by atoms with Crippen molar-refractivity contribution in [3.8, 4) is 0 Å². The topological polar surface area (TPSA) is 76.5 Å². The van der Waals surface area contributed by atoms with Crippen molar-refractivity contribution in [3.63, 3.8) is 0 Å². The summed E-state index contributed by atoms with van der Waals surface area (Å²) in [4.78, 5) is 32.8. The Morgan fingerprint density at radius 1 is 1.06 bits per heavy atom. The van der Waals surface area contributed by atoms with Gasteiger partial charge in [-0.1, -0.05) is 44.2 Å². The Hall–Kier alpha value is -2.41. The summed E-state index contributed by atoms with van der Waals surface area (Å²) in [7, 11) is 0. The monoisotopic (exact) mass is 468 g/mol. The number of nitrogens with zero attached hydrogens (tertiary/aromatic N) is 3. The number of carbonyl (C=O) groups excluding carboxylic acids is 1. The average molecular weight is 469 g/mol. The van der Waals surface area contributed by atoms with Crippen LogP contribution in [0.1, 0.15) is 84.1 Å². The van der Waals surface area contributed by atoms with Crippen molar-refractivity contribution < 1.29 is 9.53 Å². The number of likely N-dealkylation sites (tertiary alicyclic amines) is 1. The van der Waals surface area contributed by atoms with Crippen molar-refractivity contribution in [2.75, 3.05) is 25.0 Å². The summed E-state index contributed by atoms with van der Waals surface area (Å²) in [6.45, 7) is 6.11. The van der Waals surface area contributed by atoms with Crippen LogP contribution < -0.4 is 10.9 Å². The van der Waals surface area contributed by atoms with Crippen LogP contribution in [0.2, 0.25) is 0 Å². The highest BCUT2D eigenvalue weighted by atomic mass is 16.5. The van der Waals surface area contributed by atoms with Gasteiger partial charge >= 0.3 is 5.97 Å². The third-order valence-electron chi connectivity index (χ3n) is 7.41. The Morgan fingerprint density at radius 3 is 2.44 bits per heavy atom. The smallest absolute Gasteiger partial charge is 0.307 e. The molecule has 0 radical (unpaired) electrons. The number of fused-ring (bicyclic) bond motifs is 1. The van der Waals surface area contributed by atoms with Gasteiger partial charge in [0, 0.05) is 31.2 Å². The fourth-order valence-electron chi connectivity index (χ4n) is 5.67. The number of esters is 1. The molecule has 186 valence electrons. The number of rotatable bonds is 7. The third kappa shape index (κ3) is 5.98. The van der Waals surface area contributed by atoms with E-state index < -0.39 is 0 Å². The first-order chi connectivity index (χ1) is 16.6. The van der Waals surface area contributed by atoms with E-state index in [-0.39, 0.29) is 30.0 Å². The maximum absolute atomic E-state index is 13.6. The second kappa shape index (κ2) is 11.8. The lowest BCUT2D eigenvalue weighted by molar-refractivity contribution is -0.143. The van der Waals surface area contributed by atoms with Crippen LogP contribution in [0.25, 0.3) is 11.0 Å². The van der Waals surface area contributed by atoms with Gasteiger partial charge in [0.2, 0.25) is 0 Å². The van der Waals surface area contributed by atoms with Crippen molar-refractivity contribution in [1.82, 2.24) is 14.5 Å². The zero-order chi connectivity index (χ0) is 23.9. The largest absolute Gasteiger partial charge is 0.466 e. The Labute approximate surface area is 202 Å². The molecule has 2 aromatic rings. The minimum atomic E-state index is -0.273. The van der Waals surface area contributed by atoms with E-state index in [0.29, 0.717) is 18.5 Å². The fourth-order valence-corrected chi connectivity index (χ4v) is 5.67. The van der Waals surface area contributed by atoms with E-state index in [1.54, 1.807) is 6.92 Å². The Morgan fingerprint density at radius 2 is 1.74 bits per heavy atom. The highest BCUT2D eigenvalue weighted by Gasteiger charge is 2.28. The lowest BCUT2D eigenvalue weighted by atomic mass is 9.93. The van der Waals surface area contributed by atoms with Crippen LogP contribution in [-0.2, 0) is 9.53 Å². The van der Waals surface area contributed by atoms with Gasteiger partial charge in [0.05, 0.1) is 24.1 Å². The molecule has 1 aromatic heterocycles. The standard InChI is InChI=1S/C27H40N4O3/c1-3-34-25(32)19-20(2)28-26-27(33)31(24-14-10-9-13-23(24)29-26)22-15-17-30(18-16-22)21-11-7-5-4-6-8-12-21/h9-10,13-14,20-22H,3-8,11-12,15-19H2,1-2H3,(H,28,29). The third-order valence-corrected chi connectivity index (χ3v) is 7.41. The number of nitrogens with one attached hydrogen (secondary N) is 1. The normalized spacial score (nSPS) is 19.9. The molecule has 1 aliphatic heterocycles. The van der Waals surface area contributed by atoms with E-state index in [4.69, 9.17) is 4.74 Å². The average Bonchev–Trinajstić information content (AvgIpc) is 2.80. The molecule has 7 heteroatoms. The predicted octanol–water partition coefficient (Wildman–Crippen LogP) is 4.90. The lowest BCUT2D eigenvalue weighted by Crippen LogP contribution is -2.43. The highest BCUT2D eigenvalue weighted by Crippen LogP contribution is 2.29. The summed E-state index contributed by atoms with van der Waals surface area (Å²) >= 11 is 0. The molecule has 2 fully saturated rings. The zero-order valence-electron chi connectivity index (χ0n) is 20.8. The van der Waals surface area contributed by atoms with Crippen molar-refractivity contribution >= 4 is 22.8 Å². The lowest BCUT2D eigenvalue weighted by Gasteiger charge is -2.39. The summed E-state index contributed by atoms with van der Waals surface area (Å²) in [6, 6.07) is 8.49. The molecule has 1 aromatic carbocycles. The number of hydrogen-bond donors (Lipinski definition) is 1. The van der Waals surface area contributed by atoms with E-state index in [1.165, 1.54) is 44.9 Å². The molecule has 1 N–H and O–H groups in total. The van der Waals surface area contributed by atoms with E-state index in [1.807, 2.05) is 35.8 Å². The molecule has 34 heavy (non-hydrogen) atoms. The van der Waals surface area contributed by atoms with Crippen molar-refractivity contribution in [3.05, 3.63) is 34.6 Å².